The number of hydrogen-bond donors (Lipinski definition) is 1. The van der Waals surface area contributed by atoms with Crippen LogP contribution in [-0.2, 0) is 21.9 Å². The van der Waals surface area contributed by atoms with Gasteiger partial charge in [-0.1, -0.05) is 36.4 Å². The standard InChI is InChI=1S/C20H22N2O2S/c1-25(23,24)22-12-9-17-13-18(7-8-19(17)22)20(10-11-21-15-20)14-16-5-3-2-4-6-16/h2-9,12-13,21H,10-11,14-15H2,1H3. The third-order valence-corrected chi connectivity index (χ3v) is 6.29. The Morgan fingerprint density at radius 1 is 1.12 bits per heavy atom. The molecule has 1 aliphatic rings. The number of nitrogens with zero attached hydrogens (tertiary/aromatic N) is 1. The second-order valence-corrected chi connectivity index (χ2v) is 8.88. The molecule has 0 spiro atoms. The molecule has 0 saturated carbocycles. The molecule has 2 heterocycles. The van der Waals surface area contributed by atoms with E-state index in [-0.39, 0.29) is 5.41 Å². The molecule has 1 atom stereocenters. The molecule has 1 unspecified atom stereocenters. The Bertz CT molecular complexity index is 1000. The zero-order valence-corrected chi connectivity index (χ0v) is 15.1. The molecule has 130 valence electrons. The minimum absolute atomic E-state index is 0.0583. The zero-order valence-electron chi connectivity index (χ0n) is 14.3. The summed E-state index contributed by atoms with van der Waals surface area (Å²) in [6.45, 7) is 1.95. The Hall–Kier alpha value is -2.11. The molecule has 2 aromatic carbocycles. The van der Waals surface area contributed by atoms with Crippen molar-refractivity contribution in [3.8, 4) is 0 Å². The van der Waals surface area contributed by atoms with Gasteiger partial charge in [0.2, 0.25) is 10.0 Å². The molecular formula is C20H22N2O2S. The highest BCUT2D eigenvalue weighted by atomic mass is 32.2. The third kappa shape index (κ3) is 2.98. The summed E-state index contributed by atoms with van der Waals surface area (Å²) < 4.78 is 25.2. The van der Waals surface area contributed by atoms with Crippen LogP contribution in [0.2, 0.25) is 0 Å². The molecule has 0 bridgehead atoms. The van der Waals surface area contributed by atoms with Crippen molar-refractivity contribution in [3.63, 3.8) is 0 Å². The van der Waals surface area contributed by atoms with E-state index in [9.17, 15) is 8.42 Å². The summed E-state index contributed by atoms with van der Waals surface area (Å²) in [5.41, 5.74) is 3.41. The molecule has 1 N–H and O–H groups in total. The molecule has 1 saturated heterocycles. The number of nitrogens with one attached hydrogen (secondary N) is 1. The van der Waals surface area contributed by atoms with E-state index < -0.39 is 10.0 Å². The summed E-state index contributed by atoms with van der Waals surface area (Å²) in [5, 5.41) is 4.48. The number of fused-ring (bicyclic) bond motifs is 1. The maximum atomic E-state index is 11.9. The molecule has 1 aromatic heterocycles. The largest absolute Gasteiger partial charge is 0.316 e. The van der Waals surface area contributed by atoms with Crippen LogP contribution in [0.25, 0.3) is 10.9 Å². The van der Waals surface area contributed by atoms with Crippen LogP contribution < -0.4 is 5.32 Å². The fourth-order valence-corrected chi connectivity index (χ4v) is 4.77. The minimum Gasteiger partial charge on any atom is -0.316 e. The molecular weight excluding hydrogens is 332 g/mol. The quantitative estimate of drug-likeness (QED) is 0.784. The maximum absolute atomic E-state index is 11.9. The van der Waals surface area contributed by atoms with Crippen molar-refractivity contribution in [3.05, 3.63) is 71.9 Å². The normalized spacial score (nSPS) is 21.0. The third-order valence-electron chi connectivity index (χ3n) is 5.25. The van der Waals surface area contributed by atoms with E-state index in [0.29, 0.717) is 0 Å². The lowest BCUT2D eigenvalue weighted by Gasteiger charge is -2.29. The molecule has 25 heavy (non-hydrogen) atoms. The highest BCUT2D eigenvalue weighted by Gasteiger charge is 2.36. The van der Waals surface area contributed by atoms with E-state index in [1.807, 2.05) is 18.2 Å². The van der Waals surface area contributed by atoms with E-state index >= 15 is 0 Å². The predicted molar refractivity (Wildman–Crippen MR) is 101 cm³/mol. The lowest BCUT2D eigenvalue weighted by Crippen LogP contribution is -2.31. The molecule has 4 rings (SSSR count). The second kappa shape index (κ2) is 6.00. The first-order valence-electron chi connectivity index (χ1n) is 8.55. The van der Waals surface area contributed by atoms with Gasteiger partial charge in [-0.25, -0.2) is 12.4 Å². The van der Waals surface area contributed by atoms with Crippen LogP contribution in [0.4, 0.5) is 0 Å². The van der Waals surface area contributed by atoms with E-state index in [4.69, 9.17) is 0 Å². The summed E-state index contributed by atoms with van der Waals surface area (Å²) in [5.74, 6) is 0. The summed E-state index contributed by atoms with van der Waals surface area (Å²) in [6.07, 6.45) is 4.94. The van der Waals surface area contributed by atoms with Gasteiger partial charge < -0.3 is 5.32 Å². The van der Waals surface area contributed by atoms with E-state index in [2.05, 4.69) is 41.7 Å². The second-order valence-electron chi connectivity index (χ2n) is 7.02. The lowest BCUT2D eigenvalue weighted by molar-refractivity contribution is 0.468. The predicted octanol–water partition coefficient (Wildman–Crippen LogP) is 2.92. The zero-order chi connectivity index (χ0) is 17.5. The number of aromatic nitrogens is 1. The molecule has 4 nitrogen and oxygen atoms in total. The van der Waals surface area contributed by atoms with Crippen LogP contribution in [0.3, 0.4) is 0 Å². The van der Waals surface area contributed by atoms with Crippen molar-refractivity contribution in [2.75, 3.05) is 19.3 Å². The highest BCUT2D eigenvalue weighted by molar-refractivity contribution is 7.89. The molecule has 0 radical (unpaired) electrons. The molecule has 1 fully saturated rings. The Kier molecular flexibility index (Phi) is 3.93. The SMILES string of the molecule is CS(=O)(=O)n1ccc2cc(C3(Cc4ccccc4)CCNC3)ccc21. The van der Waals surface area contributed by atoms with E-state index in [0.717, 1.165) is 36.8 Å². The Balaban J connectivity index is 1.78. The average molecular weight is 354 g/mol. The van der Waals surface area contributed by atoms with Crippen LogP contribution >= 0.6 is 0 Å². The van der Waals surface area contributed by atoms with Crippen molar-refractivity contribution in [2.45, 2.75) is 18.3 Å². The van der Waals surface area contributed by atoms with Gasteiger partial charge in [0.05, 0.1) is 11.8 Å². The Labute approximate surface area is 148 Å². The van der Waals surface area contributed by atoms with Gasteiger partial charge in [-0.05, 0) is 48.7 Å². The summed E-state index contributed by atoms with van der Waals surface area (Å²) in [4.78, 5) is 0. The van der Waals surface area contributed by atoms with Gasteiger partial charge >= 0.3 is 0 Å². The maximum Gasteiger partial charge on any atom is 0.236 e. The molecule has 1 aliphatic heterocycles. The fraction of sp³-hybridized carbons (Fsp3) is 0.300. The van der Waals surface area contributed by atoms with Crippen molar-refractivity contribution in [1.82, 2.24) is 9.29 Å². The smallest absolute Gasteiger partial charge is 0.236 e. The van der Waals surface area contributed by atoms with Gasteiger partial charge in [0.25, 0.3) is 0 Å². The van der Waals surface area contributed by atoms with Crippen molar-refractivity contribution in [1.29, 1.82) is 0 Å². The fourth-order valence-electron chi connectivity index (χ4n) is 3.97. The van der Waals surface area contributed by atoms with Crippen LogP contribution in [0.1, 0.15) is 17.5 Å². The summed E-state index contributed by atoms with van der Waals surface area (Å²) >= 11 is 0. The number of hydrogen-bond acceptors (Lipinski definition) is 3. The molecule has 0 amide bonds. The monoisotopic (exact) mass is 354 g/mol. The van der Waals surface area contributed by atoms with Gasteiger partial charge in [0, 0.05) is 23.5 Å². The van der Waals surface area contributed by atoms with Crippen LogP contribution in [-0.4, -0.2) is 31.7 Å². The first-order valence-corrected chi connectivity index (χ1v) is 10.4. The topological polar surface area (TPSA) is 51.1 Å². The summed E-state index contributed by atoms with van der Waals surface area (Å²) in [6, 6.07) is 18.7. The van der Waals surface area contributed by atoms with Gasteiger partial charge in [-0.15, -0.1) is 0 Å². The lowest BCUT2D eigenvalue weighted by atomic mass is 9.74. The van der Waals surface area contributed by atoms with Gasteiger partial charge in [-0.3, -0.25) is 0 Å². The molecule has 3 aromatic rings. The van der Waals surface area contributed by atoms with Crippen LogP contribution in [0.15, 0.2) is 60.8 Å². The Morgan fingerprint density at radius 2 is 1.92 bits per heavy atom. The van der Waals surface area contributed by atoms with Crippen molar-refractivity contribution < 1.29 is 8.42 Å². The number of benzene rings is 2. The first-order chi connectivity index (χ1) is 12.0. The number of rotatable bonds is 4. The van der Waals surface area contributed by atoms with Crippen molar-refractivity contribution >= 4 is 20.9 Å². The first kappa shape index (κ1) is 16.4. The van der Waals surface area contributed by atoms with E-state index in [1.54, 1.807) is 6.20 Å². The van der Waals surface area contributed by atoms with Gasteiger partial charge in [-0.2, -0.15) is 0 Å². The van der Waals surface area contributed by atoms with Gasteiger partial charge in [0.1, 0.15) is 0 Å². The van der Waals surface area contributed by atoms with E-state index in [1.165, 1.54) is 21.4 Å². The van der Waals surface area contributed by atoms with Crippen LogP contribution in [0.5, 0.6) is 0 Å². The molecule has 0 aliphatic carbocycles. The highest BCUT2D eigenvalue weighted by Crippen LogP contribution is 2.36. The van der Waals surface area contributed by atoms with Crippen LogP contribution in [0, 0.1) is 0 Å². The Morgan fingerprint density at radius 3 is 2.60 bits per heavy atom. The van der Waals surface area contributed by atoms with Crippen molar-refractivity contribution in [2.24, 2.45) is 0 Å². The average Bonchev–Trinajstić information content (AvgIpc) is 3.22. The van der Waals surface area contributed by atoms with Gasteiger partial charge in [0.15, 0.2) is 0 Å². The molecule has 5 heteroatoms. The minimum atomic E-state index is -3.28. The summed E-state index contributed by atoms with van der Waals surface area (Å²) in [7, 11) is -3.28.